The number of nitrogens with one attached hydrogen (secondary N) is 1. The van der Waals surface area contributed by atoms with Gasteiger partial charge in [-0.3, -0.25) is 9.69 Å². The van der Waals surface area contributed by atoms with Crippen LogP contribution >= 0.6 is 24.0 Å². The number of para-hydroxylation sites is 1. The number of piperidine rings is 1. The topological polar surface area (TPSA) is 32.3 Å². The molecule has 5 heteroatoms. The average Bonchev–Trinajstić information content (AvgIpc) is 2.49. The summed E-state index contributed by atoms with van der Waals surface area (Å²) in [5.41, 5.74) is 3.20. The third kappa shape index (κ3) is 4.87. The van der Waals surface area contributed by atoms with Crippen molar-refractivity contribution in [3.8, 4) is 0 Å². The third-order valence-electron chi connectivity index (χ3n) is 4.22. The number of hydrogen-bond acceptors (Lipinski definition) is 2. The van der Waals surface area contributed by atoms with Gasteiger partial charge in [0.1, 0.15) is 0 Å². The summed E-state index contributed by atoms with van der Waals surface area (Å²) in [7, 11) is 0. The maximum atomic E-state index is 12.7. The number of carbonyl (C=O) groups excluding carboxylic acids is 1. The largest absolute Gasteiger partial charge is 0.324 e. The first kappa shape index (κ1) is 19.3. The van der Waals surface area contributed by atoms with E-state index < -0.39 is 0 Å². The fourth-order valence-corrected chi connectivity index (χ4v) is 3.16. The molecule has 1 aliphatic heterocycles. The van der Waals surface area contributed by atoms with Crippen molar-refractivity contribution < 1.29 is 4.79 Å². The molecule has 1 saturated heterocycles. The highest BCUT2D eigenvalue weighted by atomic mass is 35.5. The molecule has 0 bridgehead atoms. The Morgan fingerprint density at radius 3 is 2.64 bits per heavy atom. The smallest absolute Gasteiger partial charge is 0.241 e. The summed E-state index contributed by atoms with van der Waals surface area (Å²) in [6.07, 6.45) is 4.19. The van der Waals surface area contributed by atoms with E-state index in [9.17, 15) is 4.79 Å². The first-order valence-corrected chi connectivity index (χ1v) is 8.34. The van der Waals surface area contributed by atoms with E-state index in [0.717, 1.165) is 49.2 Å². The van der Waals surface area contributed by atoms with Crippen molar-refractivity contribution in [1.29, 1.82) is 0 Å². The highest BCUT2D eigenvalue weighted by Crippen LogP contribution is 2.23. The fourth-order valence-electron chi connectivity index (χ4n) is 3.04. The molecule has 0 unspecified atom stereocenters. The van der Waals surface area contributed by atoms with E-state index in [2.05, 4.69) is 10.2 Å². The molecule has 1 atom stereocenters. The van der Waals surface area contributed by atoms with Gasteiger partial charge < -0.3 is 5.32 Å². The quantitative estimate of drug-likeness (QED) is 0.813. The van der Waals surface area contributed by atoms with Crippen LogP contribution in [0.4, 0.5) is 5.69 Å². The van der Waals surface area contributed by atoms with Crippen LogP contribution in [0.15, 0.2) is 18.2 Å². The van der Waals surface area contributed by atoms with Crippen LogP contribution < -0.4 is 5.32 Å². The molecule has 2 rings (SSSR count). The minimum atomic E-state index is -0.0130. The van der Waals surface area contributed by atoms with E-state index in [1.54, 1.807) is 0 Å². The molecule has 124 valence electrons. The number of benzene rings is 1. The van der Waals surface area contributed by atoms with Gasteiger partial charge in [0.15, 0.2) is 0 Å². The lowest BCUT2D eigenvalue weighted by molar-refractivity contribution is -0.122. The van der Waals surface area contributed by atoms with Crippen LogP contribution in [0.2, 0.25) is 0 Å². The van der Waals surface area contributed by atoms with Crippen molar-refractivity contribution in [3.05, 3.63) is 29.3 Å². The number of carbonyl (C=O) groups is 1. The van der Waals surface area contributed by atoms with E-state index in [1.807, 2.05) is 32.0 Å². The zero-order valence-corrected chi connectivity index (χ0v) is 15.0. The van der Waals surface area contributed by atoms with Crippen LogP contribution in [0.25, 0.3) is 0 Å². The van der Waals surface area contributed by atoms with Crippen molar-refractivity contribution in [1.82, 2.24) is 4.90 Å². The fraction of sp³-hybridized carbons (Fsp3) is 0.588. The van der Waals surface area contributed by atoms with Crippen molar-refractivity contribution in [2.75, 3.05) is 24.3 Å². The number of hydrogen-bond donors (Lipinski definition) is 1. The minimum Gasteiger partial charge on any atom is -0.324 e. The SMILES string of the molecule is Cc1cccc(C)c1NC(=O)[C@@H]1CCCCN1CCCCl.Cl. The standard InChI is InChI=1S/C17H25ClN2O.ClH/c1-13-7-5-8-14(2)16(13)19-17(21)15-9-3-4-11-20(15)12-6-10-18;/h5,7-8,15H,3-4,6,9-12H2,1-2H3,(H,19,21);1H/t15-;/m0./s1. The first-order valence-electron chi connectivity index (χ1n) is 7.80. The maximum Gasteiger partial charge on any atom is 0.241 e. The van der Waals surface area contributed by atoms with Crippen molar-refractivity contribution in [3.63, 3.8) is 0 Å². The summed E-state index contributed by atoms with van der Waals surface area (Å²) >= 11 is 5.79. The van der Waals surface area contributed by atoms with E-state index in [-0.39, 0.29) is 24.4 Å². The van der Waals surface area contributed by atoms with Crippen LogP contribution in [-0.2, 0) is 4.79 Å². The molecule has 0 saturated carbocycles. The van der Waals surface area contributed by atoms with Gasteiger partial charge in [0.05, 0.1) is 6.04 Å². The van der Waals surface area contributed by atoms with Crippen molar-refractivity contribution >= 4 is 35.6 Å². The number of anilines is 1. The van der Waals surface area contributed by atoms with Gasteiger partial charge in [0.2, 0.25) is 5.91 Å². The summed E-state index contributed by atoms with van der Waals surface area (Å²) in [4.78, 5) is 14.9. The van der Waals surface area contributed by atoms with Crippen LogP contribution in [0, 0.1) is 13.8 Å². The lowest BCUT2D eigenvalue weighted by Crippen LogP contribution is -2.47. The molecule has 3 nitrogen and oxygen atoms in total. The molecule has 1 aromatic carbocycles. The van der Waals surface area contributed by atoms with Gasteiger partial charge in [-0.05, 0) is 50.8 Å². The predicted octanol–water partition coefficient (Wildman–Crippen LogP) is 4.15. The lowest BCUT2D eigenvalue weighted by atomic mass is 10.0. The molecule has 1 amide bonds. The number of likely N-dealkylation sites (tertiary alicyclic amines) is 1. The van der Waals surface area contributed by atoms with E-state index in [0.29, 0.717) is 5.88 Å². The Kier molecular flexibility index (Phi) is 8.23. The number of amides is 1. The van der Waals surface area contributed by atoms with E-state index in [1.165, 1.54) is 6.42 Å². The number of alkyl halides is 1. The Morgan fingerprint density at radius 2 is 2.00 bits per heavy atom. The lowest BCUT2D eigenvalue weighted by Gasteiger charge is -2.34. The number of rotatable bonds is 5. The maximum absolute atomic E-state index is 12.7. The molecule has 1 fully saturated rings. The van der Waals surface area contributed by atoms with Gasteiger partial charge in [-0.1, -0.05) is 24.6 Å². The Hall–Kier alpha value is -0.770. The van der Waals surface area contributed by atoms with Gasteiger partial charge in [0, 0.05) is 18.1 Å². The molecule has 1 heterocycles. The molecule has 1 N–H and O–H groups in total. The molecular formula is C17H26Cl2N2O. The van der Waals surface area contributed by atoms with Gasteiger partial charge in [0.25, 0.3) is 0 Å². The monoisotopic (exact) mass is 344 g/mol. The van der Waals surface area contributed by atoms with E-state index in [4.69, 9.17) is 11.6 Å². The van der Waals surface area contributed by atoms with Gasteiger partial charge >= 0.3 is 0 Å². The van der Waals surface area contributed by atoms with Gasteiger partial charge in [-0.25, -0.2) is 0 Å². The number of nitrogens with zero attached hydrogens (tertiary/aromatic N) is 1. The number of aryl methyl sites for hydroxylation is 2. The molecular weight excluding hydrogens is 319 g/mol. The Labute approximate surface area is 144 Å². The van der Waals surface area contributed by atoms with E-state index >= 15 is 0 Å². The second-order valence-electron chi connectivity index (χ2n) is 5.85. The summed E-state index contributed by atoms with van der Waals surface area (Å²) in [6.45, 7) is 5.99. The summed E-state index contributed by atoms with van der Waals surface area (Å²) in [5, 5.41) is 3.14. The zero-order valence-electron chi connectivity index (χ0n) is 13.4. The van der Waals surface area contributed by atoms with Gasteiger partial charge in [-0.15, -0.1) is 24.0 Å². The normalized spacial score (nSPS) is 18.6. The molecule has 0 aliphatic carbocycles. The molecule has 1 aliphatic rings. The predicted molar refractivity (Wildman–Crippen MR) is 96.3 cm³/mol. The van der Waals surface area contributed by atoms with Crippen LogP contribution in [0.5, 0.6) is 0 Å². The average molecular weight is 345 g/mol. The van der Waals surface area contributed by atoms with Crippen LogP contribution in [0.1, 0.15) is 36.8 Å². The molecule has 1 aromatic rings. The van der Waals surface area contributed by atoms with Crippen LogP contribution in [-0.4, -0.2) is 35.8 Å². The summed E-state index contributed by atoms with van der Waals surface area (Å²) in [5.74, 6) is 0.781. The Bertz CT molecular complexity index is 473. The molecule has 22 heavy (non-hydrogen) atoms. The van der Waals surface area contributed by atoms with Gasteiger partial charge in [-0.2, -0.15) is 0 Å². The highest BCUT2D eigenvalue weighted by molar-refractivity contribution is 6.17. The zero-order chi connectivity index (χ0) is 15.2. The Morgan fingerprint density at radius 1 is 1.32 bits per heavy atom. The van der Waals surface area contributed by atoms with Crippen LogP contribution in [0.3, 0.4) is 0 Å². The second-order valence-corrected chi connectivity index (χ2v) is 6.22. The summed E-state index contributed by atoms with van der Waals surface area (Å²) < 4.78 is 0. The number of halogens is 2. The highest BCUT2D eigenvalue weighted by Gasteiger charge is 2.28. The molecule has 0 radical (unpaired) electrons. The first-order chi connectivity index (χ1) is 10.1. The van der Waals surface area contributed by atoms with Crippen molar-refractivity contribution in [2.45, 2.75) is 45.6 Å². The minimum absolute atomic E-state index is 0. The Balaban J connectivity index is 0.00000242. The second kappa shape index (κ2) is 9.39. The van der Waals surface area contributed by atoms with Crippen molar-refractivity contribution in [2.24, 2.45) is 0 Å². The summed E-state index contributed by atoms with van der Waals surface area (Å²) in [6, 6.07) is 6.08. The molecule has 0 spiro atoms. The molecule has 0 aromatic heterocycles. The third-order valence-corrected chi connectivity index (χ3v) is 4.49.